The molecule has 96 valence electrons. The molecule has 0 saturated carbocycles. The van der Waals surface area contributed by atoms with Crippen molar-refractivity contribution in [3.8, 4) is 0 Å². The predicted octanol–water partition coefficient (Wildman–Crippen LogP) is 0.957. The maximum Gasteiger partial charge on any atom is 0.234 e. The highest BCUT2D eigenvalue weighted by molar-refractivity contribution is 7.92. The molecule has 0 fully saturated rings. The highest BCUT2D eigenvalue weighted by atomic mass is 32.2. The average Bonchev–Trinajstić information content (AvgIpc) is 2.30. The van der Waals surface area contributed by atoms with E-state index in [9.17, 15) is 8.42 Å². The third-order valence-electron chi connectivity index (χ3n) is 2.11. The van der Waals surface area contributed by atoms with Crippen molar-refractivity contribution in [2.45, 2.75) is 13.5 Å². The summed E-state index contributed by atoms with van der Waals surface area (Å²) in [7, 11) is -3.36. The molecular weight excluding hydrogens is 242 g/mol. The summed E-state index contributed by atoms with van der Waals surface area (Å²) in [5, 5.41) is 8.85. The number of hydrogen-bond donors (Lipinski definition) is 2. The number of sulfonamides is 1. The van der Waals surface area contributed by atoms with Gasteiger partial charge in [-0.25, -0.2) is 8.42 Å². The van der Waals surface area contributed by atoms with Crippen LogP contribution in [-0.2, 0) is 21.4 Å². The quantitative estimate of drug-likeness (QED) is 0.715. The Labute approximate surface area is 101 Å². The summed E-state index contributed by atoms with van der Waals surface area (Å²) in [4.78, 5) is 0. The molecule has 0 saturated heterocycles. The molecule has 1 aromatic carbocycles. The SMILES string of the molecule is CCOCCS(=O)(=O)Nc1ccc(CO)cc1. The number of rotatable bonds is 7. The van der Waals surface area contributed by atoms with Gasteiger partial charge < -0.3 is 9.84 Å². The van der Waals surface area contributed by atoms with Crippen molar-refractivity contribution < 1.29 is 18.3 Å². The van der Waals surface area contributed by atoms with Crippen LogP contribution in [0.2, 0.25) is 0 Å². The second kappa shape index (κ2) is 6.58. The fourth-order valence-electron chi connectivity index (χ4n) is 1.22. The maximum absolute atomic E-state index is 11.6. The van der Waals surface area contributed by atoms with Crippen LogP contribution in [-0.4, -0.2) is 32.5 Å². The lowest BCUT2D eigenvalue weighted by Crippen LogP contribution is -2.20. The zero-order valence-electron chi connectivity index (χ0n) is 9.72. The van der Waals surface area contributed by atoms with E-state index in [0.29, 0.717) is 12.3 Å². The summed E-state index contributed by atoms with van der Waals surface area (Å²) < 4.78 is 30.6. The zero-order chi connectivity index (χ0) is 12.7. The zero-order valence-corrected chi connectivity index (χ0v) is 10.5. The smallest absolute Gasteiger partial charge is 0.234 e. The molecule has 0 unspecified atom stereocenters. The first-order valence-electron chi connectivity index (χ1n) is 5.35. The third kappa shape index (κ3) is 5.16. The van der Waals surface area contributed by atoms with E-state index in [1.165, 1.54) is 0 Å². The van der Waals surface area contributed by atoms with Gasteiger partial charge >= 0.3 is 0 Å². The molecule has 17 heavy (non-hydrogen) atoms. The summed E-state index contributed by atoms with van der Waals surface area (Å²) in [5.41, 5.74) is 1.22. The number of anilines is 1. The van der Waals surface area contributed by atoms with Gasteiger partial charge in [-0.15, -0.1) is 0 Å². The number of aliphatic hydroxyl groups is 1. The molecule has 0 bridgehead atoms. The predicted molar refractivity (Wildman–Crippen MR) is 66.3 cm³/mol. The Morgan fingerprint density at radius 3 is 2.47 bits per heavy atom. The molecule has 0 aromatic heterocycles. The van der Waals surface area contributed by atoms with Crippen LogP contribution in [0, 0.1) is 0 Å². The minimum absolute atomic E-state index is 0.0582. The van der Waals surface area contributed by atoms with E-state index in [-0.39, 0.29) is 19.0 Å². The highest BCUT2D eigenvalue weighted by Crippen LogP contribution is 2.11. The average molecular weight is 259 g/mol. The van der Waals surface area contributed by atoms with Crippen molar-refractivity contribution in [3.63, 3.8) is 0 Å². The highest BCUT2D eigenvalue weighted by Gasteiger charge is 2.09. The lowest BCUT2D eigenvalue weighted by atomic mass is 10.2. The molecule has 0 aliphatic carbocycles. The minimum atomic E-state index is -3.36. The number of benzene rings is 1. The molecule has 0 atom stereocenters. The molecule has 0 aliphatic rings. The van der Waals surface area contributed by atoms with Gasteiger partial charge in [-0.05, 0) is 24.6 Å². The number of aliphatic hydroxyl groups excluding tert-OH is 1. The van der Waals surface area contributed by atoms with Crippen LogP contribution in [0.15, 0.2) is 24.3 Å². The van der Waals surface area contributed by atoms with Gasteiger partial charge in [0.15, 0.2) is 0 Å². The van der Waals surface area contributed by atoms with Gasteiger partial charge in [0.1, 0.15) is 0 Å². The number of hydrogen-bond acceptors (Lipinski definition) is 4. The van der Waals surface area contributed by atoms with Crippen LogP contribution in [0.4, 0.5) is 5.69 Å². The second-order valence-electron chi connectivity index (χ2n) is 3.47. The summed E-state index contributed by atoms with van der Waals surface area (Å²) in [6.07, 6.45) is 0. The Hall–Kier alpha value is -1.11. The topological polar surface area (TPSA) is 75.6 Å². The van der Waals surface area contributed by atoms with Crippen molar-refractivity contribution in [2.24, 2.45) is 0 Å². The minimum Gasteiger partial charge on any atom is -0.392 e. The molecule has 0 amide bonds. The maximum atomic E-state index is 11.6. The van der Waals surface area contributed by atoms with E-state index in [2.05, 4.69) is 4.72 Å². The Kier molecular flexibility index (Phi) is 5.40. The molecule has 1 rings (SSSR count). The van der Waals surface area contributed by atoms with Crippen LogP contribution in [0.5, 0.6) is 0 Å². The lowest BCUT2D eigenvalue weighted by molar-refractivity contribution is 0.163. The largest absolute Gasteiger partial charge is 0.392 e. The number of ether oxygens (including phenoxy) is 1. The van der Waals surface area contributed by atoms with E-state index < -0.39 is 10.0 Å². The Balaban J connectivity index is 2.56. The molecule has 0 heterocycles. The summed E-state index contributed by atoms with van der Waals surface area (Å²) in [5.74, 6) is -0.0669. The summed E-state index contributed by atoms with van der Waals surface area (Å²) >= 11 is 0. The van der Waals surface area contributed by atoms with Gasteiger partial charge in [0.05, 0.1) is 19.0 Å². The third-order valence-corrected chi connectivity index (χ3v) is 3.36. The first kappa shape index (κ1) is 14.0. The first-order valence-corrected chi connectivity index (χ1v) is 7.00. The molecule has 0 aliphatic heterocycles. The number of nitrogens with one attached hydrogen (secondary N) is 1. The standard InChI is InChI=1S/C11H17NO4S/c1-2-16-7-8-17(14,15)12-11-5-3-10(9-13)4-6-11/h3-6,12-13H,2,7-9H2,1H3. The van der Waals surface area contributed by atoms with E-state index in [1.54, 1.807) is 24.3 Å². The fraction of sp³-hybridized carbons (Fsp3) is 0.455. The normalized spacial score (nSPS) is 11.4. The second-order valence-corrected chi connectivity index (χ2v) is 5.31. The van der Waals surface area contributed by atoms with Crippen LogP contribution in [0.1, 0.15) is 12.5 Å². The molecule has 0 spiro atoms. The van der Waals surface area contributed by atoms with Crippen molar-refractivity contribution >= 4 is 15.7 Å². The molecule has 6 heteroatoms. The van der Waals surface area contributed by atoms with Gasteiger partial charge in [-0.3, -0.25) is 4.72 Å². The molecule has 0 radical (unpaired) electrons. The molecule has 5 nitrogen and oxygen atoms in total. The van der Waals surface area contributed by atoms with Gasteiger partial charge in [0.2, 0.25) is 10.0 Å². The van der Waals surface area contributed by atoms with Crippen molar-refractivity contribution in [1.82, 2.24) is 0 Å². The molecular formula is C11H17NO4S. The van der Waals surface area contributed by atoms with E-state index in [0.717, 1.165) is 5.56 Å². The summed E-state index contributed by atoms with van der Waals surface area (Å²) in [6, 6.07) is 6.56. The Morgan fingerprint density at radius 2 is 1.94 bits per heavy atom. The first-order chi connectivity index (χ1) is 8.07. The van der Waals surface area contributed by atoms with Crippen LogP contribution < -0.4 is 4.72 Å². The monoisotopic (exact) mass is 259 g/mol. The van der Waals surface area contributed by atoms with Crippen molar-refractivity contribution in [2.75, 3.05) is 23.7 Å². The van der Waals surface area contributed by atoms with Crippen LogP contribution in [0.25, 0.3) is 0 Å². The van der Waals surface area contributed by atoms with Gasteiger partial charge in [-0.1, -0.05) is 12.1 Å². The van der Waals surface area contributed by atoms with E-state index in [4.69, 9.17) is 9.84 Å². The lowest BCUT2D eigenvalue weighted by Gasteiger charge is -2.08. The Morgan fingerprint density at radius 1 is 1.29 bits per heavy atom. The van der Waals surface area contributed by atoms with Gasteiger partial charge in [-0.2, -0.15) is 0 Å². The fourth-order valence-corrected chi connectivity index (χ4v) is 2.16. The van der Waals surface area contributed by atoms with Gasteiger partial charge in [0.25, 0.3) is 0 Å². The molecule has 2 N–H and O–H groups in total. The van der Waals surface area contributed by atoms with Crippen LogP contribution >= 0.6 is 0 Å². The Bertz CT molecular complexity index is 427. The summed E-state index contributed by atoms with van der Waals surface area (Å²) in [6.45, 7) is 2.44. The van der Waals surface area contributed by atoms with E-state index >= 15 is 0 Å². The van der Waals surface area contributed by atoms with Crippen molar-refractivity contribution in [1.29, 1.82) is 0 Å². The van der Waals surface area contributed by atoms with Crippen LogP contribution in [0.3, 0.4) is 0 Å². The van der Waals surface area contributed by atoms with Crippen molar-refractivity contribution in [3.05, 3.63) is 29.8 Å². The molecule has 1 aromatic rings. The van der Waals surface area contributed by atoms with E-state index in [1.807, 2.05) is 6.92 Å². The van der Waals surface area contributed by atoms with Gasteiger partial charge in [0, 0.05) is 12.3 Å².